The van der Waals surface area contributed by atoms with Crippen molar-refractivity contribution in [1.82, 2.24) is 4.98 Å². The van der Waals surface area contributed by atoms with E-state index in [1.165, 1.54) is 0 Å². The van der Waals surface area contributed by atoms with E-state index in [9.17, 15) is 9.90 Å². The van der Waals surface area contributed by atoms with E-state index in [-0.39, 0.29) is 30.9 Å². The number of aliphatic hydroxyl groups excluding tert-OH is 1. The summed E-state index contributed by atoms with van der Waals surface area (Å²) < 4.78 is 5.69. The molecule has 0 aliphatic heterocycles. The molecule has 0 radical (unpaired) electrons. The third-order valence-corrected chi connectivity index (χ3v) is 4.85. The maximum atomic E-state index is 10.5. The Balaban J connectivity index is 1.91. The highest BCUT2D eigenvalue weighted by molar-refractivity contribution is 6.29. The Hall–Kier alpha value is -2.10. The fourth-order valence-electron chi connectivity index (χ4n) is 3.28. The van der Waals surface area contributed by atoms with Gasteiger partial charge in [0.05, 0.1) is 12.7 Å². The number of aliphatic carboxylic acids is 1. The third-order valence-electron chi connectivity index (χ3n) is 4.64. The average molecular weight is 379 g/mol. The van der Waals surface area contributed by atoms with E-state index in [0.717, 1.165) is 0 Å². The second-order valence-electron chi connectivity index (χ2n) is 6.43. The quantitative estimate of drug-likeness (QED) is 0.297. The van der Waals surface area contributed by atoms with Crippen LogP contribution in [0.5, 0.6) is 5.88 Å². The van der Waals surface area contributed by atoms with Crippen molar-refractivity contribution in [3.63, 3.8) is 0 Å². The van der Waals surface area contributed by atoms with Gasteiger partial charge in [-0.2, -0.15) is 0 Å². The monoisotopic (exact) mass is 378 g/mol. The number of carboxylic acids is 1. The molecule has 1 aromatic rings. The summed E-state index contributed by atoms with van der Waals surface area (Å²) in [6.07, 6.45) is 5.89. The molecule has 26 heavy (non-hydrogen) atoms. The first-order chi connectivity index (χ1) is 12.5. The van der Waals surface area contributed by atoms with Crippen molar-refractivity contribution < 1.29 is 19.7 Å². The van der Waals surface area contributed by atoms with E-state index in [1.54, 1.807) is 18.2 Å². The van der Waals surface area contributed by atoms with Gasteiger partial charge >= 0.3 is 5.97 Å². The number of aliphatic hydroxyl groups is 1. The Morgan fingerprint density at radius 1 is 1.42 bits per heavy atom. The van der Waals surface area contributed by atoms with Gasteiger partial charge in [0.25, 0.3) is 0 Å². The maximum Gasteiger partial charge on any atom is 0.303 e. The smallest absolute Gasteiger partial charge is 0.303 e. The molecule has 2 rings (SSSR count). The Bertz CT molecular complexity index is 674. The van der Waals surface area contributed by atoms with Gasteiger partial charge in [-0.1, -0.05) is 29.8 Å². The van der Waals surface area contributed by atoms with Gasteiger partial charge in [0.1, 0.15) is 5.15 Å². The SMILES string of the molecule is [C-]#[N+]C1C[C@@H](O)[C@H](COc2cccc(Cl)n2)[C@H]1CC=CCCCC(=O)O. The number of ether oxygens (including phenoxy) is 1. The van der Waals surface area contributed by atoms with Crippen LogP contribution in [0.3, 0.4) is 0 Å². The number of hydrogen-bond donors (Lipinski definition) is 2. The third kappa shape index (κ3) is 6.01. The molecule has 1 unspecified atom stereocenters. The number of rotatable bonds is 9. The molecule has 1 aromatic heterocycles. The summed E-state index contributed by atoms with van der Waals surface area (Å²) in [4.78, 5) is 18.2. The molecular weight excluding hydrogens is 356 g/mol. The zero-order valence-electron chi connectivity index (χ0n) is 14.4. The van der Waals surface area contributed by atoms with E-state index in [4.69, 9.17) is 28.0 Å². The molecule has 0 bridgehead atoms. The van der Waals surface area contributed by atoms with Crippen molar-refractivity contribution in [2.24, 2.45) is 11.8 Å². The van der Waals surface area contributed by atoms with Crippen LogP contribution in [0.2, 0.25) is 5.15 Å². The normalized spacial score (nSPS) is 25.3. The van der Waals surface area contributed by atoms with E-state index in [2.05, 4.69) is 9.83 Å². The van der Waals surface area contributed by atoms with Crippen LogP contribution in [-0.2, 0) is 4.79 Å². The van der Waals surface area contributed by atoms with Gasteiger partial charge in [-0.15, -0.1) is 0 Å². The lowest BCUT2D eigenvalue weighted by atomic mass is 9.90. The first-order valence-corrected chi connectivity index (χ1v) is 9.06. The summed E-state index contributed by atoms with van der Waals surface area (Å²) in [5, 5.41) is 19.3. The average Bonchev–Trinajstić information content (AvgIpc) is 2.91. The zero-order valence-corrected chi connectivity index (χ0v) is 15.2. The lowest BCUT2D eigenvalue weighted by Crippen LogP contribution is -2.27. The van der Waals surface area contributed by atoms with Crippen molar-refractivity contribution in [1.29, 1.82) is 0 Å². The molecular formula is C19H23ClN2O4. The molecule has 0 amide bonds. The molecule has 1 saturated carbocycles. The first-order valence-electron chi connectivity index (χ1n) is 8.68. The summed E-state index contributed by atoms with van der Waals surface area (Å²) in [5.74, 6) is -0.549. The van der Waals surface area contributed by atoms with Gasteiger partial charge < -0.3 is 19.8 Å². The Kier molecular flexibility index (Phi) is 7.89. The predicted molar refractivity (Wildman–Crippen MR) is 98.0 cm³/mol. The highest BCUT2D eigenvalue weighted by Crippen LogP contribution is 2.37. The number of halogens is 1. The molecule has 1 fully saturated rings. The number of pyridine rings is 1. The minimum absolute atomic E-state index is 0.00240. The molecule has 6 nitrogen and oxygen atoms in total. The molecule has 7 heteroatoms. The van der Waals surface area contributed by atoms with Gasteiger partial charge in [0.15, 0.2) is 0 Å². The standard InChI is InChI=1S/C19H23ClN2O4/c1-21-15-11-16(23)14(12-26-18-9-6-8-17(20)22-18)13(15)7-4-2-3-5-10-19(24)25/h2,4,6,8-9,13-16,23H,3,5,7,10-12H2,(H,24,25)/t13-,14-,15?,16-/m1/s1. The number of nitrogens with zero attached hydrogens (tertiary/aromatic N) is 2. The molecule has 4 atom stereocenters. The van der Waals surface area contributed by atoms with Gasteiger partial charge in [0.2, 0.25) is 11.9 Å². The summed E-state index contributed by atoms with van der Waals surface area (Å²) in [6.45, 7) is 7.66. The second-order valence-corrected chi connectivity index (χ2v) is 6.82. The van der Waals surface area contributed by atoms with Gasteiger partial charge in [-0.25, -0.2) is 11.6 Å². The fourth-order valence-corrected chi connectivity index (χ4v) is 3.43. The van der Waals surface area contributed by atoms with Crippen LogP contribution in [0, 0.1) is 18.4 Å². The molecule has 1 aliphatic carbocycles. The van der Waals surface area contributed by atoms with Crippen molar-refractivity contribution in [2.45, 2.75) is 44.2 Å². The predicted octanol–water partition coefficient (Wildman–Crippen LogP) is 3.60. The minimum Gasteiger partial charge on any atom is -0.481 e. The fraction of sp³-hybridized carbons (Fsp3) is 0.526. The largest absolute Gasteiger partial charge is 0.481 e. The Morgan fingerprint density at radius 3 is 2.92 bits per heavy atom. The van der Waals surface area contributed by atoms with E-state index >= 15 is 0 Å². The van der Waals surface area contributed by atoms with Gasteiger partial charge in [-0.3, -0.25) is 4.79 Å². The molecule has 140 valence electrons. The van der Waals surface area contributed by atoms with Crippen LogP contribution in [0.15, 0.2) is 30.4 Å². The summed E-state index contributed by atoms with van der Waals surface area (Å²) in [6, 6.07) is 4.87. The highest BCUT2D eigenvalue weighted by atomic mass is 35.5. The zero-order chi connectivity index (χ0) is 18.9. The maximum absolute atomic E-state index is 10.5. The van der Waals surface area contributed by atoms with Crippen LogP contribution < -0.4 is 4.74 Å². The molecule has 0 saturated heterocycles. The minimum atomic E-state index is -0.794. The molecule has 0 spiro atoms. The van der Waals surface area contributed by atoms with E-state index < -0.39 is 12.1 Å². The van der Waals surface area contributed by atoms with Gasteiger partial charge in [0, 0.05) is 30.7 Å². The second kappa shape index (κ2) is 10.1. The Morgan fingerprint density at radius 2 is 2.23 bits per heavy atom. The van der Waals surface area contributed by atoms with Crippen molar-refractivity contribution in [3.05, 3.63) is 46.9 Å². The molecule has 0 aromatic carbocycles. The Labute approximate surface area is 158 Å². The van der Waals surface area contributed by atoms with Crippen molar-refractivity contribution in [2.75, 3.05) is 6.61 Å². The van der Waals surface area contributed by atoms with Crippen LogP contribution in [0.4, 0.5) is 0 Å². The number of carbonyl (C=O) groups is 1. The molecule has 1 heterocycles. The van der Waals surface area contributed by atoms with E-state index in [0.29, 0.717) is 36.7 Å². The molecule has 1 aliphatic rings. The summed E-state index contributed by atoms with van der Waals surface area (Å²) in [7, 11) is 0. The lowest BCUT2D eigenvalue weighted by molar-refractivity contribution is -0.137. The van der Waals surface area contributed by atoms with Crippen LogP contribution in [-0.4, -0.2) is 39.9 Å². The summed E-state index contributed by atoms with van der Waals surface area (Å²) >= 11 is 5.85. The number of aromatic nitrogens is 1. The summed E-state index contributed by atoms with van der Waals surface area (Å²) in [5.41, 5.74) is 0. The van der Waals surface area contributed by atoms with Crippen LogP contribution in [0.1, 0.15) is 32.1 Å². The highest BCUT2D eigenvalue weighted by Gasteiger charge is 2.46. The van der Waals surface area contributed by atoms with E-state index in [1.807, 2.05) is 12.2 Å². The number of carboxylic acid groups (broad SMARTS) is 1. The van der Waals surface area contributed by atoms with Crippen molar-refractivity contribution >= 4 is 17.6 Å². The number of unbranched alkanes of at least 4 members (excludes halogenated alkanes) is 1. The molecule has 2 N–H and O–H groups in total. The topological polar surface area (TPSA) is 84.0 Å². The lowest BCUT2D eigenvalue weighted by Gasteiger charge is -2.20. The first kappa shape index (κ1) is 20.2. The number of hydrogen-bond acceptors (Lipinski definition) is 4. The number of allylic oxidation sites excluding steroid dienone is 2. The van der Waals surface area contributed by atoms with Crippen LogP contribution in [0.25, 0.3) is 4.85 Å². The van der Waals surface area contributed by atoms with Gasteiger partial charge in [-0.05, 0) is 25.3 Å². The van der Waals surface area contributed by atoms with Crippen LogP contribution >= 0.6 is 11.6 Å². The van der Waals surface area contributed by atoms with Crippen molar-refractivity contribution in [3.8, 4) is 5.88 Å².